The van der Waals surface area contributed by atoms with Gasteiger partial charge in [0.15, 0.2) is 0 Å². The predicted molar refractivity (Wildman–Crippen MR) is 125 cm³/mol. The van der Waals surface area contributed by atoms with Crippen molar-refractivity contribution in [1.82, 2.24) is 0 Å². The fraction of sp³-hybridized carbons (Fsp3) is 0.737. The van der Waals surface area contributed by atoms with Crippen molar-refractivity contribution in [2.75, 3.05) is 41.7 Å². The van der Waals surface area contributed by atoms with E-state index in [9.17, 15) is 14.4 Å². The number of aliphatic hydroxyl groups is 1. The highest BCUT2D eigenvalue weighted by Gasteiger charge is 2.28. The summed E-state index contributed by atoms with van der Waals surface area (Å²) in [4.78, 5) is 31.1. The van der Waals surface area contributed by atoms with Crippen LogP contribution in [0.2, 0.25) is 25.2 Å². The monoisotopic (exact) mass is 502 g/mol. The van der Waals surface area contributed by atoms with E-state index in [1.165, 1.54) is 6.92 Å². The van der Waals surface area contributed by atoms with Crippen LogP contribution in [0.4, 0.5) is 0 Å². The molecule has 0 fully saturated rings. The number of halogens is 1. The number of rotatable bonds is 13. The number of hydrogen-bond acceptors (Lipinski definition) is 9. The summed E-state index contributed by atoms with van der Waals surface area (Å²) in [6.45, 7) is 10.4. The maximum Gasteiger partial charge on any atom is 0.374 e. The molecule has 9 nitrogen and oxygen atoms in total. The highest BCUT2D eigenvalue weighted by molar-refractivity contribution is 6.67. The van der Waals surface area contributed by atoms with E-state index in [1.807, 2.05) is 13.1 Å². The number of Topliss-reactive ketones (excluding diaryl/α,β-unsaturated/α-hetero) is 1. The summed E-state index contributed by atoms with van der Waals surface area (Å²) >= 11 is 4.87. The van der Waals surface area contributed by atoms with E-state index >= 15 is 0 Å². The van der Waals surface area contributed by atoms with Crippen LogP contribution >= 0.6 is 11.6 Å². The zero-order valence-corrected chi connectivity index (χ0v) is 22.8. The molecule has 31 heavy (non-hydrogen) atoms. The number of carbonyl (C=O) groups excluding carboxylic acids is 3. The third-order valence-electron chi connectivity index (χ3n) is 4.15. The first-order valence-corrected chi connectivity index (χ1v) is 15.0. The zero-order chi connectivity index (χ0) is 25.1. The molecule has 0 atom stereocenters. The molecule has 184 valence electrons. The molecule has 0 aromatic heterocycles. The van der Waals surface area contributed by atoms with Gasteiger partial charge in [-0.25, -0.2) is 4.79 Å². The molecule has 0 radical (unpaired) electrons. The summed E-state index contributed by atoms with van der Waals surface area (Å²) in [5.41, 5.74) is 0.386. The topological polar surface area (TPSA) is 118 Å². The van der Waals surface area contributed by atoms with Gasteiger partial charge in [-0.05, 0) is 56.5 Å². The van der Waals surface area contributed by atoms with Gasteiger partial charge in [-0.2, -0.15) is 0 Å². The maximum atomic E-state index is 10.8. The minimum Gasteiger partial charge on any atom is -0.460 e. The predicted octanol–water partition coefficient (Wildman–Crippen LogP) is 2.94. The fourth-order valence-corrected chi connectivity index (χ4v) is 4.37. The van der Waals surface area contributed by atoms with Crippen molar-refractivity contribution in [2.45, 2.75) is 51.9 Å². The third-order valence-corrected chi connectivity index (χ3v) is 10.4. The van der Waals surface area contributed by atoms with Gasteiger partial charge in [-0.15, -0.1) is 0 Å². The second-order valence-electron chi connectivity index (χ2n) is 6.76. The van der Waals surface area contributed by atoms with Gasteiger partial charge < -0.3 is 27.5 Å². The van der Waals surface area contributed by atoms with Gasteiger partial charge in [0.2, 0.25) is 11.0 Å². The molecule has 0 aromatic carbocycles. The number of ether oxygens (including phenoxy) is 1. The average molecular weight is 503 g/mol. The molecule has 0 saturated heterocycles. The Morgan fingerprint density at radius 3 is 1.48 bits per heavy atom. The van der Waals surface area contributed by atoms with Crippen LogP contribution in [0.25, 0.3) is 0 Å². The quantitative estimate of drug-likeness (QED) is 0.101. The molecular weight excluding hydrogens is 464 g/mol. The van der Waals surface area contributed by atoms with Gasteiger partial charge in [0.25, 0.3) is 0 Å². The summed E-state index contributed by atoms with van der Waals surface area (Å²) < 4.78 is 25.6. The largest absolute Gasteiger partial charge is 0.460 e. The molecule has 0 spiro atoms. The molecule has 0 aliphatic heterocycles. The van der Waals surface area contributed by atoms with Crippen LogP contribution in [0.15, 0.2) is 12.2 Å². The Morgan fingerprint density at radius 1 is 0.871 bits per heavy atom. The highest BCUT2D eigenvalue weighted by atomic mass is 35.5. The van der Waals surface area contributed by atoms with Gasteiger partial charge in [0, 0.05) is 47.5 Å². The fourth-order valence-electron chi connectivity index (χ4n) is 1.63. The van der Waals surface area contributed by atoms with E-state index in [2.05, 4.69) is 6.58 Å². The van der Waals surface area contributed by atoms with Crippen LogP contribution < -0.4 is 0 Å². The number of aliphatic hydroxyl groups excluding tert-OH is 1. The lowest BCUT2D eigenvalue weighted by Gasteiger charge is -2.22. The van der Waals surface area contributed by atoms with E-state index < -0.39 is 34.1 Å². The summed E-state index contributed by atoms with van der Waals surface area (Å²) in [5, 5.41) is 8.07. The Balaban J connectivity index is -0.000000421. The van der Waals surface area contributed by atoms with Crippen molar-refractivity contribution in [1.29, 1.82) is 0 Å². The van der Waals surface area contributed by atoms with Crippen molar-refractivity contribution in [2.24, 2.45) is 0 Å². The Hall–Kier alpha value is -0.926. The van der Waals surface area contributed by atoms with Gasteiger partial charge in [-0.3, -0.25) is 9.59 Å². The van der Waals surface area contributed by atoms with Crippen LogP contribution in [0.5, 0.6) is 0 Å². The van der Waals surface area contributed by atoms with Crippen LogP contribution in [-0.4, -0.2) is 80.9 Å². The molecule has 0 unspecified atom stereocenters. The van der Waals surface area contributed by atoms with Crippen LogP contribution in [0, 0.1) is 0 Å². The standard InChI is InChI=1S/C9H18O5Si.C6H16O3Si.C4H5ClO/c1-8(10)9(11)14-6-5-7-15(4,12-2)13-3;1-8-10(3,9-2)6-4-5-7;1-3(2)4(5)6/h5-7H2,1-4H3;7H,4-6H2,1-3H3;1H2,2H3. The molecule has 1 N–H and O–H groups in total. The lowest BCUT2D eigenvalue weighted by molar-refractivity contribution is -0.152. The van der Waals surface area contributed by atoms with Gasteiger partial charge in [-0.1, -0.05) is 6.58 Å². The Labute approximate surface area is 193 Å². The summed E-state index contributed by atoms with van der Waals surface area (Å²) in [7, 11) is 2.59. The minimum absolute atomic E-state index is 0.218. The molecule has 0 bridgehead atoms. The van der Waals surface area contributed by atoms with Crippen LogP contribution in [0.3, 0.4) is 0 Å². The zero-order valence-electron chi connectivity index (χ0n) is 20.0. The average Bonchev–Trinajstić information content (AvgIpc) is 2.75. The van der Waals surface area contributed by atoms with Gasteiger partial charge in [0.05, 0.1) is 6.61 Å². The second-order valence-corrected chi connectivity index (χ2v) is 14.3. The van der Waals surface area contributed by atoms with E-state index in [-0.39, 0.29) is 13.2 Å². The smallest absolute Gasteiger partial charge is 0.374 e. The van der Waals surface area contributed by atoms with E-state index in [0.29, 0.717) is 12.0 Å². The molecule has 0 rings (SSSR count). The van der Waals surface area contributed by atoms with Crippen molar-refractivity contribution in [3.63, 3.8) is 0 Å². The van der Waals surface area contributed by atoms with Crippen LogP contribution in [-0.2, 0) is 36.8 Å². The van der Waals surface area contributed by atoms with E-state index in [0.717, 1.165) is 18.5 Å². The Morgan fingerprint density at radius 2 is 1.23 bits per heavy atom. The van der Waals surface area contributed by atoms with Gasteiger partial charge in [0.1, 0.15) is 0 Å². The first kappa shape index (κ1) is 34.7. The van der Waals surface area contributed by atoms with Gasteiger partial charge >= 0.3 is 23.1 Å². The van der Waals surface area contributed by atoms with Crippen molar-refractivity contribution in [3.05, 3.63) is 12.2 Å². The lowest BCUT2D eigenvalue weighted by Crippen LogP contribution is -2.36. The van der Waals surface area contributed by atoms with Crippen molar-refractivity contribution in [3.8, 4) is 0 Å². The Bertz CT molecular complexity index is 524. The van der Waals surface area contributed by atoms with E-state index in [1.54, 1.807) is 35.4 Å². The molecule has 0 aromatic rings. The first-order valence-electron chi connectivity index (χ1n) is 9.62. The minimum atomic E-state index is -2.07. The van der Waals surface area contributed by atoms with Crippen molar-refractivity contribution >= 4 is 45.7 Å². The molecule has 0 aliphatic carbocycles. The number of esters is 1. The van der Waals surface area contributed by atoms with Crippen molar-refractivity contribution < 1.29 is 41.9 Å². The third kappa shape index (κ3) is 20.7. The Kier molecular flexibility index (Phi) is 22.1. The molecule has 0 aliphatic rings. The molecular formula is C19H39ClO9Si2. The molecule has 0 amide bonds. The van der Waals surface area contributed by atoms with E-state index in [4.69, 9.17) is 39.1 Å². The normalized spacial score (nSPS) is 10.8. The molecule has 12 heteroatoms. The highest BCUT2D eigenvalue weighted by Crippen LogP contribution is 2.13. The number of allylic oxidation sites excluding steroid dienone is 1. The second kappa shape index (κ2) is 19.7. The molecule has 0 heterocycles. The lowest BCUT2D eigenvalue weighted by atomic mass is 10.4. The summed E-state index contributed by atoms with van der Waals surface area (Å²) in [6, 6.07) is 1.59. The van der Waals surface area contributed by atoms with Crippen LogP contribution in [0.1, 0.15) is 26.7 Å². The summed E-state index contributed by atoms with van der Waals surface area (Å²) in [5.74, 6) is -1.36. The SMILES string of the molecule is C=C(C)C(=O)Cl.CO[Si](C)(CCCO)OC.CO[Si](C)(CCCOC(=O)C(C)=O)OC. The molecule has 0 saturated carbocycles. The number of carbonyl (C=O) groups is 3. The maximum absolute atomic E-state index is 10.8. The number of ketones is 1. The summed E-state index contributed by atoms with van der Waals surface area (Å²) in [6.07, 6.45) is 1.41. The first-order chi connectivity index (χ1) is 14.3. The number of hydrogen-bond donors (Lipinski definition) is 1.